The second kappa shape index (κ2) is 17.0. The minimum Gasteiger partial charge on any atom is -0.484 e. The van der Waals surface area contributed by atoms with E-state index in [0.717, 1.165) is 4.90 Å². The number of nitrogens with zero attached hydrogens (tertiary/aromatic N) is 5. The molecule has 14 heteroatoms. The van der Waals surface area contributed by atoms with Crippen molar-refractivity contribution in [2.75, 3.05) is 26.7 Å². The predicted octanol–water partition coefficient (Wildman–Crippen LogP) is 5.85. The summed E-state index contributed by atoms with van der Waals surface area (Å²) in [4.78, 5) is 68.4. The maximum atomic E-state index is 14.1. The molecule has 13 nitrogen and oxygen atoms in total. The lowest BCUT2D eigenvalue weighted by molar-refractivity contribution is 0.0597. The zero-order chi connectivity index (χ0) is 40.1. The highest BCUT2D eigenvalue weighted by Gasteiger charge is 2.37. The number of fused-ring (bicyclic) bond motifs is 1. The summed E-state index contributed by atoms with van der Waals surface area (Å²) >= 11 is 0. The Hall–Kier alpha value is -6.70. The number of nitrogens with one attached hydrogen (secondary N) is 1. The fourth-order valence-corrected chi connectivity index (χ4v) is 7.23. The Morgan fingerprint density at radius 3 is 2.21 bits per heavy atom. The van der Waals surface area contributed by atoms with Gasteiger partial charge in [0.1, 0.15) is 23.4 Å². The highest BCUT2D eigenvalue weighted by atomic mass is 19.1. The van der Waals surface area contributed by atoms with Crippen molar-refractivity contribution < 1.29 is 37.8 Å². The second-order valence-corrected chi connectivity index (χ2v) is 14.0. The van der Waals surface area contributed by atoms with Gasteiger partial charge in [0.25, 0.3) is 23.6 Å². The minimum absolute atomic E-state index is 0.0152. The van der Waals surface area contributed by atoms with E-state index in [1.54, 1.807) is 83.8 Å². The number of aromatic nitrogens is 3. The number of hydrogen-bond donors (Lipinski definition) is 1. The number of imide groups is 1. The summed E-state index contributed by atoms with van der Waals surface area (Å²) in [6, 6.07) is 24.8. The Morgan fingerprint density at radius 1 is 0.860 bits per heavy atom. The van der Waals surface area contributed by atoms with E-state index in [1.807, 2.05) is 17.8 Å². The molecular formula is C43H41FN6O7. The molecule has 2 aliphatic rings. The van der Waals surface area contributed by atoms with Crippen LogP contribution in [0.25, 0.3) is 0 Å². The molecule has 1 aromatic heterocycles. The predicted molar refractivity (Wildman–Crippen MR) is 205 cm³/mol. The van der Waals surface area contributed by atoms with Crippen LogP contribution in [0.1, 0.15) is 101 Å². The lowest BCUT2D eigenvalue weighted by Gasteiger charge is -2.32. The number of benzene rings is 4. The third-order valence-electron chi connectivity index (χ3n) is 10.3. The molecule has 0 saturated carbocycles. The maximum Gasteiger partial charge on any atom is 0.337 e. The molecule has 2 aliphatic heterocycles. The summed E-state index contributed by atoms with van der Waals surface area (Å²) in [5.74, 6) is -1.94. The fraction of sp³-hybridized carbons (Fsp3) is 0.279. The number of piperidine rings is 1. The van der Waals surface area contributed by atoms with Crippen molar-refractivity contribution in [1.29, 1.82) is 0 Å². The third kappa shape index (κ3) is 8.59. The average Bonchev–Trinajstić information content (AvgIpc) is 3.82. The number of rotatable bonds is 13. The van der Waals surface area contributed by atoms with Crippen molar-refractivity contribution in [1.82, 2.24) is 30.1 Å². The molecule has 0 radical (unpaired) electrons. The van der Waals surface area contributed by atoms with Crippen LogP contribution in [0, 0.1) is 5.82 Å². The van der Waals surface area contributed by atoms with Crippen LogP contribution >= 0.6 is 0 Å². The molecule has 0 aliphatic carbocycles. The number of carbonyl (C=O) groups excluding carboxylic acids is 5. The average molecular weight is 773 g/mol. The topological polar surface area (TPSA) is 153 Å². The van der Waals surface area contributed by atoms with Crippen LogP contribution in [0.2, 0.25) is 0 Å². The Balaban J connectivity index is 0.975. The van der Waals surface area contributed by atoms with Crippen molar-refractivity contribution in [2.45, 2.75) is 50.8 Å². The first-order valence-electron chi connectivity index (χ1n) is 18.8. The van der Waals surface area contributed by atoms with Crippen molar-refractivity contribution in [3.8, 4) is 5.75 Å². The van der Waals surface area contributed by atoms with Gasteiger partial charge in [-0.2, -0.15) is 0 Å². The monoisotopic (exact) mass is 772 g/mol. The Labute approximate surface area is 328 Å². The third-order valence-corrected chi connectivity index (χ3v) is 10.3. The van der Waals surface area contributed by atoms with Crippen LogP contribution in [-0.2, 0) is 11.2 Å². The van der Waals surface area contributed by atoms with Crippen molar-refractivity contribution in [3.63, 3.8) is 0 Å². The molecular weight excluding hydrogens is 732 g/mol. The van der Waals surface area contributed by atoms with E-state index in [9.17, 15) is 28.4 Å². The molecule has 7 rings (SSSR count). The quantitative estimate of drug-likeness (QED) is 0.115. The van der Waals surface area contributed by atoms with Gasteiger partial charge in [0.2, 0.25) is 0 Å². The van der Waals surface area contributed by atoms with E-state index in [4.69, 9.17) is 9.47 Å². The fourth-order valence-electron chi connectivity index (χ4n) is 7.23. The number of methoxy groups -OCH3 is 1. The van der Waals surface area contributed by atoms with Gasteiger partial charge < -0.3 is 19.7 Å². The molecule has 0 bridgehead atoms. The Morgan fingerprint density at radius 2 is 1.54 bits per heavy atom. The summed E-state index contributed by atoms with van der Waals surface area (Å²) in [5, 5.41) is 11.7. The van der Waals surface area contributed by atoms with E-state index < -0.39 is 35.5 Å². The number of likely N-dealkylation sites (tertiary alicyclic amines) is 1. The normalized spacial score (nSPS) is 15.2. The first-order chi connectivity index (χ1) is 27.6. The zero-order valence-electron chi connectivity index (χ0n) is 31.5. The number of halogens is 1. The van der Waals surface area contributed by atoms with Crippen molar-refractivity contribution in [2.24, 2.45) is 0 Å². The molecule has 0 spiro atoms. The number of esters is 1. The number of hydrogen-bond acceptors (Lipinski definition) is 9. The first kappa shape index (κ1) is 38.6. The standard InChI is InChI=1S/C43H41FN6O7/c1-3-38(57-34-16-14-28(15-17-34)43(55)56-2)37-26-50(47-46-37)33-18-20-48(21-19-33)40(52)30-10-7-9-29(24-30)39(51)45-32(23-27-8-6-11-31(44)22-27)25-49-41(53)35-12-4-5-13-36(35)42(49)54/h4-17,22,24,26,32-33,38H,3,18-21,23,25H2,1-2H3,(H,45,51)/t32-,38?/m0/s1. The van der Waals surface area contributed by atoms with E-state index in [0.29, 0.717) is 60.5 Å². The van der Waals surface area contributed by atoms with E-state index in [1.165, 1.54) is 25.3 Å². The molecule has 2 atom stereocenters. The molecule has 4 amide bonds. The summed E-state index contributed by atoms with van der Waals surface area (Å²) in [6.45, 7) is 2.78. The molecule has 1 N–H and O–H groups in total. The highest BCUT2D eigenvalue weighted by molar-refractivity contribution is 6.21. The van der Waals surface area contributed by atoms with E-state index >= 15 is 0 Å². The maximum absolute atomic E-state index is 14.1. The molecule has 57 heavy (non-hydrogen) atoms. The lowest BCUT2D eigenvalue weighted by Crippen LogP contribution is -2.47. The van der Waals surface area contributed by atoms with Crippen LogP contribution in [0.5, 0.6) is 5.75 Å². The van der Waals surface area contributed by atoms with Gasteiger partial charge in [-0.05, 0) is 98.0 Å². The molecule has 1 fully saturated rings. The Bertz CT molecular complexity index is 2270. The van der Waals surface area contributed by atoms with Gasteiger partial charge in [-0.1, -0.05) is 42.5 Å². The highest BCUT2D eigenvalue weighted by Crippen LogP contribution is 2.28. The van der Waals surface area contributed by atoms with Crippen LogP contribution < -0.4 is 10.1 Å². The largest absolute Gasteiger partial charge is 0.484 e. The lowest BCUT2D eigenvalue weighted by atomic mass is 10.0. The summed E-state index contributed by atoms with van der Waals surface area (Å²) in [6.07, 6.45) is 3.59. The molecule has 5 aromatic rings. The van der Waals surface area contributed by atoms with E-state index in [2.05, 4.69) is 15.6 Å². The SMILES string of the molecule is CCC(Oc1ccc(C(=O)OC)cc1)c1cn(C2CCN(C(=O)c3cccc(C(=O)N[C@@H](Cc4cccc(F)c4)CN4C(=O)c5ccccc5C4=O)c3)CC2)nn1. The molecule has 1 saturated heterocycles. The first-order valence-corrected chi connectivity index (χ1v) is 18.8. The number of ether oxygens (including phenoxy) is 2. The summed E-state index contributed by atoms with van der Waals surface area (Å²) in [5.41, 5.74) is 2.82. The molecule has 1 unspecified atom stereocenters. The van der Waals surface area contributed by atoms with E-state index in [-0.39, 0.29) is 47.7 Å². The van der Waals surface area contributed by atoms with Crippen LogP contribution in [0.15, 0.2) is 103 Å². The van der Waals surface area contributed by atoms with Gasteiger partial charge >= 0.3 is 5.97 Å². The van der Waals surface area contributed by atoms with Gasteiger partial charge in [-0.15, -0.1) is 5.10 Å². The van der Waals surface area contributed by atoms with Gasteiger partial charge in [0, 0.05) is 30.8 Å². The van der Waals surface area contributed by atoms with Crippen LogP contribution in [0.4, 0.5) is 4.39 Å². The van der Waals surface area contributed by atoms with Crippen molar-refractivity contribution in [3.05, 3.63) is 148 Å². The van der Waals surface area contributed by atoms with Crippen LogP contribution in [0.3, 0.4) is 0 Å². The molecule has 292 valence electrons. The van der Waals surface area contributed by atoms with Gasteiger partial charge in [-0.3, -0.25) is 24.1 Å². The minimum atomic E-state index is -0.754. The van der Waals surface area contributed by atoms with Gasteiger partial charge in [0.05, 0.1) is 42.1 Å². The van der Waals surface area contributed by atoms with Gasteiger partial charge in [-0.25, -0.2) is 13.9 Å². The number of carbonyl (C=O) groups is 5. The molecule has 4 aromatic carbocycles. The zero-order valence-corrected chi connectivity index (χ0v) is 31.5. The van der Waals surface area contributed by atoms with Crippen LogP contribution in [-0.4, -0.2) is 87.2 Å². The van der Waals surface area contributed by atoms with Crippen molar-refractivity contribution >= 4 is 29.6 Å². The number of amides is 4. The Kier molecular flexibility index (Phi) is 11.5. The molecule has 3 heterocycles. The second-order valence-electron chi connectivity index (χ2n) is 14.0. The summed E-state index contributed by atoms with van der Waals surface area (Å²) in [7, 11) is 1.33. The summed E-state index contributed by atoms with van der Waals surface area (Å²) < 4.78 is 26.8. The van der Waals surface area contributed by atoms with Gasteiger partial charge in [0.15, 0.2) is 0 Å². The smallest absolute Gasteiger partial charge is 0.337 e.